The Labute approximate surface area is 104 Å². The van der Waals surface area contributed by atoms with E-state index < -0.39 is 0 Å². The van der Waals surface area contributed by atoms with Crippen LogP contribution in [0.15, 0.2) is 42.7 Å². The van der Waals surface area contributed by atoms with E-state index in [0.29, 0.717) is 22.1 Å². The smallest absolute Gasteiger partial charge is 0.146 e. The maximum atomic E-state index is 7.29. The molecule has 4 nitrogen and oxygen atoms in total. The zero-order valence-corrected chi connectivity index (χ0v) is 9.61. The fourth-order valence-electron chi connectivity index (χ4n) is 1.29. The van der Waals surface area contributed by atoms with Gasteiger partial charge in [-0.15, -0.1) is 0 Å². The van der Waals surface area contributed by atoms with Gasteiger partial charge < -0.3 is 10.5 Å². The molecule has 0 saturated carbocycles. The molecule has 0 unspecified atom stereocenters. The first-order chi connectivity index (χ1) is 8.16. The molecule has 0 aliphatic rings. The Morgan fingerprint density at radius 2 is 2.18 bits per heavy atom. The fourth-order valence-corrected chi connectivity index (χ4v) is 1.50. The number of amidine groups is 1. The van der Waals surface area contributed by atoms with Crippen LogP contribution in [0.5, 0.6) is 11.5 Å². The number of halogens is 1. The molecule has 17 heavy (non-hydrogen) atoms. The van der Waals surface area contributed by atoms with Gasteiger partial charge in [0.05, 0.1) is 11.2 Å². The van der Waals surface area contributed by atoms with Crippen LogP contribution in [0.3, 0.4) is 0 Å². The van der Waals surface area contributed by atoms with E-state index >= 15 is 0 Å². The molecule has 1 aromatic carbocycles. The number of nitrogens with zero attached hydrogens (tertiary/aromatic N) is 1. The molecule has 3 N–H and O–H groups in total. The lowest BCUT2D eigenvalue weighted by molar-refractivity contribution is 0.480. The second-order valence-electron chi connectivity index (χ2n) is 3.35. The summed E-state index contributed by atoms with van der Waals surface area (Å²) in [5, 5.41) is 7.70. The summed E-state index contributed by atoms with van der Waals surface area (Å²) in [5.41, 5.74) is 5.92. The summed E-state index contributed by atoms with van der Waals surface area (Å²) in [4.78, 5) is 3.93. The largest absolute Gasteiger partial charge is 0.454 e. The molecule has 0 saturated heterocycles. The molecule has 0 spiro atoms. The molecule has 0 amide bonds. The van der Waals surface area contributed by atoms with Gasteiger partial charge in [0, 0.05) is 11.8 Å². The van der Waals surface area contributed by atoms with Crippen molar-refractivity contribution in [2.24, 2.45) is 5.73 Å². The average Bonchev–Trinajstić information content (AvgIpc) is 2.33. The molecule has 1 heterocycles. The maximum absolute atomic E-state index is 7.29. The van der Waals surface area contributed by atoms with Crippen molar-refractivity contribution in [2.45, 2.75) is 0 Å². The van der Waals surface area contributed by atoms with Crippen LogP contribution in [0.4, 0.5) is 0 Å². The number of aromatic nitrogens is 1. The number of hydrogen-bond donors (Lipinski definition) is 2. The first kappa shape index (κ1) is 11.4. The second-order valence-corrected chi connectivity index (χ2v) is 3.76. The van der Waals surface area contributed by atoms with Gasteiger partial charge in [0.1, 0.15) is 17.3 Å². The van der Waals surface area contributed by atoms with Gasteiger partial charge in [0.25, 0.3) is 0 Å². The highest BCUT2D eigenvalue weighted by Gasteiger charge is 2.05. The van der Waals surface area contributed by atoms with Gasteiger partial charge in [-0.1, -0.05) is 11.6 Å². The van der Waals surface area contributed by atoms with Crippen molar-refractivity contribution < 1.29 is 4.74 Å². The molecular formula is C12H10ClN3O. The summed E-state index contributed by atoms with van der Waals surface area (Å²) < 4.78 is 5.54. The van der Waals surface area contributed by atoms with Gasteiger partial charge in [0.15, 0.2) is 0 Å². The summed E-state index contributed by atoms with van der Waals surface area (Å²) >= 11 is 6.03. The summed E-state index contributed by atoms with van der Waals surface area (Å²) in [6.45, 7) is 0. The van der Waals surface area contributed by atoms with Crippen LogP contribution in [0, 0.1) is 5.41 Å². The molecule has 0 radical (unpaired) electrons. The van der Waals surface area contributed by atoms with E-state index in [2.05, 4.69) is 4.98 Å². The SMILES string of the molecule is N=C(N)c1ccc(Oc2cccnc2)c(Cl)c1. The normalized spacial score (nSPS) is 9.94. The molecule has 2 rings (SSSR count). The van der Waals surface area contributed by atoms with Gasteiger partial charge in [-0.2, -0.15) is 0 Å². The molecule has 0 fully saturated rings. The molecule has 5 heteroatoms. The highest BCUT2D eigenvalue weighted by atomic mass is 35.5. The minimum Gasteiger partial charge on any atom is -0.454 e. The number of hydrogen-bond acceptors (Lipinski definition) is 3. The topological polar surface area (TPSA) is 72.0 Å². The summed E-state index contributed by atoms with van der Waals surface area (Å²) in [6.07, 6.45) is 3.25. The Morgan fingerprint density at radius 1 is 1.35 bits per heavy atom. The predicted octanol–water partition coefficient (Wildman–Crippen LogP) is 2.81. The minimum absolute atomic E-state index is 0.0279. The number of ether oxygens (including phenoxy) is 1. The van der Waals surface area contributed by atoms with Crippen LogP contribution in [-0.4, -0.2) is 10.8 Å². The van der Waals surface area contributed by atoms with Crippen LogP contribution in [-0.2, 0) is 0 Å². The lowest BCUT2D eigenvalue weighted by Gasteiger charge is -2.08. The molecule has 0 atom stereocenters. The third-order valence-corrected chi connectivity index (χ3v) is 2.40. The molecule has 2 aromatic rings. The third kappa shape index (κ3) is 2.73. The van der Waals surface area contributed by atoms with E-state index in [4.69, 9.17) is 27.5 Å². The van der Waals surface area contributed by atoms with Crippen LogP contribution in [0.2, 0.25) is 5.02 Å². The van der Waals surface area contributed by atoms with Gasteiger partial charge in [-0.05, 0) is 30.3 Å². The third-order valence-electron chi connectivity index (χ3n) is 2.11. The van der Waals surface area contributed by atoms with Crippen molar-refractivity contribution in [2.75, 3.05) is 0 Å². The fraction of sp³-hybridized carbons (Fsp3) is 0. The predicted molar refractivity (Wildman–Crippen MR) is 66.8 cm³/mol. The number of nitrogen functional groups attached to an aromatic ring is 1. The summed E-state index contributed by atoms with van der Waals surface area (Å²) in [5.74, 6) is 1.08. The number of nitrogens with one attached hydrogen (secondary N) is 1. The van der Waals surface area contributed by atoms with E-state index in [-0.39, 0.29) is 5.84 Å². The Hall–Kier alpha value is -2.07. The van der Waals surface area contributed by atoms with Crippen molar-refractivity contribution in [3.63, 3.8) is 0 Å². The average molecular weight is 248 g/mol. The van der Waals surface area contributed by atoms with E-state index in [1.165, 1.54) is 0 Å². The quantitative estimate of drug-likeness (QED) is 0.647. The van der Waals surface area contributed by atoms with Gasteiger partial charge in [-0.25, -0.2) is 0 Å². The van der Waals surface area contributed by atoms with E-state index in [9.17, 15) is 0 Å². The van der Waals surface area contributed by atoms with Gasteiger partial charge >= 0.3 is 0 Å². The Kier molecular flexibility index (Phi) is 3.25. The highest BCUT2D eigenvalue weighted by molar-refractivity contribution is 6.32. The molecule has 86 valence electrons. The van der Waals surface area contributed by atoms with Crippen molar-refractivity contribution in [3.8, 4) is 11.5 Å². The molecule has 0 bridgehead atoms. The van der Waals surface area contributed by atoms with Crippen LogP contribution in [0.25, 0.3) is 0 Å². The van der Waals surface area contributed by atoms with Crippen molar-refractivity contribution in [1.29, 1.82) is 5.41 Å². The number of rotatable bonds is 3. The number of pyridine rings is 1. The molecule has 0 aliphatic carbocycles. The maximum Gasteiger partial charge on any atom is 0.146 e. The lowest BCUT2D eigenvalue weighted by Crippen LogP contribution is -2.10. The molecule has 0 aliphatic heterocycles. The Balaban J connectivity index is 2.26. The number of nitrogens with two attached hydrogens (primary N) is 1. The highest BCUT2D eigenvalue weighted by Crippen LogP contribution is 2.29. The summed E-state index contributed by atoms with van der Waals surface area (Å²) in [7, 11) is 0. The van der Waals surface area contributed by atoms with Gasteiger partial charge in [-0.3, -0.25) is 10.4 Å². The number of benzene rings is 1. The second kappa shape index (κ2) is 4.84. The van der Waals surface area contributed by atoms with Crippen molar-refractivity contribution in [3.05, 3.63) is 53.3 Å². The van der Waals surface area contributed by atoms with E-state index in [1.807, 2.05) is 0 Å². The van der Waals surface area contributed by atoms with Crippen LogP contribution in [0.1, 0.15) is 5.56 Å². The molecular weight excluding hydrogens is 238 g/mol. The zero-order valence-electron chi connectivity index (χ0n) is 8.85. The van der Waals surface area contributed by atoms with Crippen molar-refractivity contribution >= 4 is 17.4 Å². The van der Waals surface area contributed by atoms with Crippen molar-refractivity contribution in [1.82, 2.24) is 4.98 Å². The van der Waals surface area contributed by atoms with Crippen LogP contribution < -0.4 is 10.5 Å². The van der Waals surface area contributed by atoms with E-state index in [0.717, 1.165) is 0 Å². The standard InChI is InChI=1S/C12H10ClN3O/c13-10-6-8(12(14)15)3-4-11(10)17-9-2-1-5-16-7-9/h1-7H,(H3,14,15). The van der Waals surface area contributed by atoms with E-state index in [1.54, 1.807) is 42.7 Å². The Morgan fingerprint density at radius 3 is 2.76 bits per heavy atom. The molecule has 1 aromatic heterocycles. The minimum atomic E-state index is -0.0279. The Bertz CT molecular complexity index is 543. The first-order valence-corrected chi connectivity index (χ1v) is 5.26. The van der Waals surface area contributed by atoms with Crippen LogP contribution >= 0.6 is 11.6 Å². The van der Waals surface area contributed by atoms with Gasteiger partial charge in [0.2, 0.25) is 0 Å². The monoisotopic (exact) mass is 247 g/mol. The first-order valence-electron chi connectivity index (χ1n) is 4.88. The summed E-state index contributed by atoms with van der Waals surface area (Å²) in [6, 6.07) is 8.50. The zero-order chi connectivity index (χ0) is 12.3. The lowest BCUT2D eigenvalue weighted by atomic mass is 10.2.